The Kier molecular flexibility index (Phi) is 4.73. The lowest BCUT2D eigenvalue weighted by atomic mass is 10.1. The van der Waals surface area contributed by atoms with Crippen molar-refractivity contribution in [3.05, 3.63) is 69.7 Å². The number of hydrogen-bond acceptors (Lipinski definition) is 1. The summed E-state index contributed by atoms with van der Waals surface area (Å²) in [4.78, 5) is 0. The van der Waals surface area contributed by atoms with Gasteiger partial charge in [0.15, 0.2) is 0 Å². The fraction of sp³-hybridized carbons (Fsp3) is 0.250. The average molecular weight is 296 g/mol. The van der Waals surface area contributed by atoms with Crippen molar-refractivity contribution in [2.75, 3.05) is 0 Å². The van der Waals surface area contributed by atoms with E-state index in [0.717, 1.165) is 5.56 Å². The van der Waals surface area contributed by atoms with Crippen LogP contribution in [0.4, 0.5) is 8.78 Å². The van der Waals surface area contributed by atoms with Gasteiger partial charge >= 0.3 is 0 Å². The number of benzene rings is 2. The highest BCUT2D eigenvalue weighted by atomic mass is 35.5. The zero-order valence-electron chi connectivity index (χ0n) is 11.4. The van der Waals surface area contributed by atoms with Gasteiger partial charge in [-0.25, -0.2) is 8.78 Å². The first-order valence-electron chi connectivity index (χ1n) is 6.40. The monoisotopic (exact) mass is 295 g/mol. The van der Waals surface area contributed by atoms with Gasteiger partial charge in [0.25, 0.3) is 0 Å². The van der Waals surface area contributed by atoms with Crippen LogP contribution < -0.4 is 5.32 Å². The van der Waals surface area contributed by atoms with Gasteiger partial charge in [0.05, 0.1) is 0 Å². The van der Waals surface area contributed by atoms with Gasteiger partial charge in [-0.15, -0.1) is 0 Å². The molecule has 2 rings (SSSR count). The third-order valence-electron chi connectivity index (χ3n) is 3.30. The van der Waals surface area contributed by atoms with Gasteiger partial charge in [-0.2, -0.15) is 0 Å². The van der Waals surface area contributed by atoms with Crippen molar-refractivity contribution in [2.45, 2.75) is 26.4 Å². The first-order chi connectivity index (χ1) is 9.47. The minimum absolute atomic E-state index is 0.0801. The van der Waals surface area contributed by atoms with Gasteiger partial charge in [0, 0.05) is 23.2 Å². The number of aryl methyl sites for hydroxylation is 1. The average Bonchev–Trinajstić information content (AvgIpc) is 2.42. The van der Waals surface area contributed by atoms with Crippen LogP contribution in [0.1, 0.15) is 29.7 Å². The molecule has 0 amide bonds. The lowest BCUT2D eigenvalue weighted by Crippen LogP contribution is -2.19. The molecule has 2 aromatic carbocycles. The summed E-state index contributed by atoms with van der Waals surface area (Å²) in [6, 6.07) is 9.47. The van der Waals surface area contributed by atoms with Gasteiger partial charge in [0.1, 0.15) is 11.6 Å². The Hall–Kier alpha value is -1.45. The number of halogens is 3. The molecule has 0 bridgehead atoms. The van der Waals surface area contributed by atoms with E-state index in [4.69, 9.17) is 11.6 Å². The molecule has 1 N–H and O–H groups in total. The summed E-state index contributed by atoms with van der Waals surface area (Å²) in [5.74, 6) is -0.533. The Labute approximate surface area is 122 Å². The van der Waals surface area contributed by atoms with E-state index in [0.29, 0.717) is 22.7 Å². The van der Waals surface area contributed by atoms with Crippen molar-refractivity contribution in [2.24, 2.45) is 0 Å². The van der Waals surface area contributed by atoms with E-state index in [2.05, 4.69) is 5.32 Å². The van der Waals surface area contributed by atoms with E-state index >= 15 is 0 Å². The van der Waals surface area contributed by atoms with Crippen LogP contribution >= 0.6 is 11.6 Å². The summed E-state index contributed by atoms with van der Waals surface area (Å²) in [6.45, 7) is 3.97. The van der Waals surface area contributed by atoms with Gasteiger partial charge in [-0.05, 0) is 49.2 Å². The van der Waals surface area contributed by atoms with Crippen LogP contribution in [0.5, 0.6) is 0 Å². The molecule has 0 spiro atoms. The first kappa shape index (κ1) is 14.9. The van der Waals surface area contributed by atoms with Crippen LogP contribution in [0.25, 0.3) is 0 Å². The van der Waals surface area contributed by atoms with E-state index in [1.54, 1.807) is 19.1 Å². The quantitative estimate of drug-likeness (QED) is 0.856. The topological polar surface area (TPSA) is 12.0 Å². The maximum atomic E-state index is 13.6. The van der Waals surface area contributed by atoms with Crippen molar-refractivity contribution in [1.82, 2.24) is 5.32 Å². The molecule has 106 valence electrons. The van der Waals surface area contributed by atoms with Crippen molar-refractivity contribution in [3.63, 3.8) is 0 Å². The normalized spacial score (nSPS) is 12.4. The predicted molar refractivity (Wildman–Crippen MR) is 77.8 cm³/mol. The summed E-state index contributed by atoms with van der Waals surface area (Å²) in [5, 5.41) is 3.66. The summed E-state index contributed by atoms with van der Waals surface area (Å²) in [6.07, 6.45) is 0. The third kappa shape index (κ3) is 3.56. The molecule has 1 nitrogen and oxygen atoms in total. The Morgan fingerprint density at radius 1 is 1.10 bits per heavy atom. The van der Waals surface area contributed by atoms with Crippen LogP contribution in [-0.2, 0) is 6.54 Å². The zero-order chi connectivity index (χ0) is 14.7. The van der Waals surface area contributed by atoms with Crippen molar-refractivity contribution >= 4 is 11.6 Å². The molecule has 1 atom stereocenters. The number of hydrogen-bond donors (Lipinski definition) is 1. The standard InChI is InChI=1S/C16H16ClF2N/c1-10-3-4-12(8-16(10)19)11(2)20-9-13-7-14(17)5-6-15(13)18/h3-8,11,20H,9H2,1-2H3. The van der Waals surface area contributed by atoms with Crippen LogP contribution in [0.2, 0.25) is 5.02 Å². The summed E-state index contributed by atoms with van der Waals surface area (Å²) in [5.41, 5.74) is 1.94. The van der Waals surface area contributed by atoms with Crippen molar-refractivity contribution in [1.29, 1.82) is 0 Å². The molecule has 0 aliphatic rings. The second-order valence-corrected chi connectivity index (χ2v) is 5.28. The lowest BCUT2D eigenvalue weighted by Gasteiger charge is -2.15. The molecule has 0 saturated carbocycles. The molecule has 0 aromatic heterocycles. The molecule has 20 heavy (non-hydrogen) atoms. The van der Waals surface area contributed by atoms with Crippen LogP contribution in [-0.4, -0.2) is 0 Å². The minimum Gasteiger partial charge on any atom is -0.306 e. The highest BCUT2D eigenvalue weighted by Crippen LogP contribution is 2.19. The molecule has 0 aliphatic heterocycles. The van der Waals surface area contributed by atoms with Crippen molar-refractivity contribution < 1.29 is 8.78 Å². The van der Waals surface area contributed by atoms with Gasteiger partial charge in [-0.3, -0.25) is 0 Å². The molecular weight excluding hydrogens is 280 g/mol. The molecule has 0 radical (unpaired) electrons. The molecule has 4 heteroatoms. The van der Waals surface area contributed by atoms with Crippen LogP contribution in [0.3, 0.4) is 0 Å². The maximum absolute atomic E-state index is 13.6. The Bertz CT molecular complexity index is 613. The fourth-order valence-corrected chi connectivity index (χ4v) is 2.13. The van der Waals surface area contributed by atoms with Crippen molar-refractivity contribution in [3.8, 4) is 0 Å². The first-order valence-corrected chi connectivity index (χ1v) is 6.78. The summed E-state index contributed by atoms with van der Waals surface area (Å²) in [7, 11) is 0. The van der Waals surface area contributed by atoms with Crippen LogP contribution in [0, 0.1) is 18.6 Å². The number of rotatable bonds is 4. The molecule has 2 aromatic rings. The second-order valence-electron chi connectivity index (χ2n) is 4.85. The molecule has 1 unspecified atom stereocenters. The van der Waals surface area contributed by atoms with Crippen LogP contribution in [0.15, 0.2) is 36.4 Å². The fourth-order valence-electron chi connectivity index (χ4n) is 1.94. The maximum Gasteiger partial charge on any atom is 0.127 e. The highest BCUT2D eigenvalue weighted by Gasteiger charge is 2.09. The molecular formula is C16H16ClF2N. The molecule has 0 heterocycles. The SMILES string of the molecule is Cc1ccc(C(C)NCc2cc(Cl)ccc2F)cc1F. The number of nitrogens with one attached hydrogen (secondary N) is 1. The Morgan fingerprint density at radius 2 is 1.85 bits per heavy atom. The second kappa shape index (κ2) is 6.33. The highest BCUT2D eigenvalue weighted by molar-refractivity contribution is 6.30. The molecule has 0 aliphatic carbocycles. The van der Waals surface area contributed by atoms with E-state index in [-0.39, 0.29) is 17.7 Å². The Balaban J connectivity index is 2.06. The largest absolute Gasteiger partial charge is 0.306 e. The molecule has 0 saturated heterocycles. The van der Waals surface area contributed by atoms with E-state index in [1.165, 1.54) is 18.2 Å². The van der Waals surface area contributed by atoms with E-state index < -0.39 is 0 Å². The Morgan fingerprint density at radius 3 is 2.55 bits per heavy atom. The smallest absolute Gasteiger partial charge is 0.127 e. The van der Waals surface area contributed by atoms with E-state index in [9.17, 15) is 8.78 Å². The zero-order valence-corrected chi connectivity index (χ0v) is 12.1. The van der Waals surface area contributed by atoms with E-state index in [1.807, 2.05) is 13.0 Å². The molecule has 0 fully saturated rings. The lowest BCUT2D eigenvalue weighted by molar-refractivity contribution is 0.539. The van der Waals surface area contributed by atoms with Gasteiger partial charge < -0.3 is 5.32 Å². The summed E-state index contributed by atoms with van der Waals surface area (Å²) >= 11 is 5.84. The predicted octanol–water partition coefficient (Wildman–Crippen LogP) is 4.78. The van der Waals surface area contributed by atoms with Gasteiger partial charge in [-0.1, -0.05) is 23.7 Å². The van der Waals surface area contributed by atoms with Gasteiger partial charge in [0.2, 0.25) is 0 Å². The third-order valence-corrected chi connectivity index (χ3v) is 3.54. The minimum atomic E-state index is -0.302. The summed E-state index contributed by atoms with van der Waals surface area (Å²) < 4.78 is 27.1.